The molecule has 0 aliphatic rings. The molecule has 0 fully saturated rings. The van der Waals surface area contributed by atoms with E-state index in [0.717, 1.165) is 17.9 Å². The quantitative estimate of drug-likeness (QED) is 0.753. The van der Waals surface area contributed by atoms with Gasteiger partial charge < -0.3 is 19.5 Å². The van der Waals surface area contributed by atoms with Crippen LogP contribution in [0.25, 0.3) is 0 Å². The highest BCUT2D eigenvalue weighted by Crippen LogP contribution is 2.23. The third-order valence-corrected chi connectivity index (χ3v) is 3.93. The van der Waals surface area contributed by atoms with Gasteiger partial charge in [0.05, 0.1) is 5.02 Å². The largest absolute Gasteiger partial charge is 0.492 e. The van der Waals surface area contributed by atoms with Crippen LogP contribution in [-0.2, 0) is 0 Å². The van der Waals surface area contributed by atoms with Crippen molar-refractivity contribution >= 4 is 11.6 Å². The molecule has 2 rings (SSSR count). The number of likely N-dealkylation sites (N-methyl/N-ethyl adjacent to an activating group) is 1. The van der Waals surface area contributed by atoms with Crippen molar-refractivity contribution in [1.82, 2.24) is 4.90 Å². The van der Waals surface area contributed by atoms with Gasteiger partial charge in [0.1, 0.15) is 30.8 Å². The van der Waals surface area contributed by atoms with E-state index in [-0.39, 0.29) is 6.61 Å². The smallest absolute Gasteiger partial charge is 0.138 e. The summed E-state index contributed by atoms with van der Waals surface area (Å²) in [6.07, 6.45) is -0.593. The minimum Gasteiger partial charge on any atom is -0.492 e. The summed E-state index contributed by atoms with van der Waals surface area (Å²) in [5.41, 5.74) is 1.12. The molecule has 2 aromatic rings. The van der Waals surface area contributed by atoms with Gasteiger partial charge in [0, 0.05) is 13.1 Å². The Morgan fingerprint density at radius 2 is 1.71 bits per heavy atom. The normalized spacial score (nSPS) is 12.2. The van der Waals surface area contributed by atoms with Crippen molar-refractivity contribution in [3.8, 4) is 11.5 Å². The number of halogens is 1. The number of hydrogen-bond acceptors (Lipinski definition) is 4. The number of aliphatic hydroxyl groups excluding tert-OH is 1. The van der Waals surface area contributed by atoms with Gasteiger partial charge in [-0.15, -0.1) is 0 Å². The zero-order chi connectivity index (χ0) is 17.4. The molecule has 1 N–H and O–H groups in total. The van der Waals surface area contributed by atoms with Crippen LogP contribution in [0.1, 0.15) is 5.56 Å². The number of para-hydroxylation sites is 2. The summed E-state index contributed by atoms with van der Waals surface area (Å²) in [7, 11) is 1.94. The Hall–Kier alpha value is -1.75. The van der Waals surface area contributed by atoms with Crippen molar-refractivity contribution in [2.45, 2.75) is 13.0 Å². The van der Waals surface area contributed by atoms with E-state index in [1.165, 1.54) is 0 Å². The summed E-state index contributed by atoms with van der Waals surface area (Å²) in [4.78, 5) is 2.01. The van der Waals surface area contributed by atoms with Crippen molar-refractivity contribution in [2.75, 3.05) is 33.4 Å². The summed E-state index contributed by atoms with van der Waals surface area (Å²) in [5, 5.41) is 10.6. The van der Waals surface area contributed by atoms with Crippen LogP contribution < -0.4 is 9.47 Å². The molecular weight excluding hydrogens is 326 g/mol. The number of nitrogens with zero attached hydrogens (tertiary/aromatic N) is 1. The molecule has 130 valence electrons. The second-order valence-corrected chi connectivity index (χ2v) is 6.18. The second-order valence-electron chi connectivity index (χ2n) is 5.77. The molecule has 0 aromatic heterocycles. The fourth-order valence-electron chi connectivity index (χ4n) is 2.28. The maximum Gasteiger partial charge on any atom is 0.138 e. The maximum atomic E-state index is 10.1. The van der Waals surface area contributed by atoms with Crippen molar-refractivity contribution in [1.29, 1.82) is 0 Å². The molecule has 4 nitrogen and oxygen atoms in total. The van der Waals surface area contributed by atoms with Crippen LogP contribution >= 0.6 is 11.6 Å². The van der Waals surface area contributed by atoms with Crippen molar-refractivity contribution < 1.29 is 14.6 Å². The van der Waals surface area contributed by atoms with Gasteiger partial charge in [0.15, 0.2) is 0 Å². The lowest BCUT2D eigenvalue weighted by Crippen LogP contribution is -2.35. The Balaban J connectivity index is 1.67. The van der Waals surface area contributed by atoms with Crippen LogP contribution in [0, 0.1) is 6.92 Å². The number of aliphatic hydroxyl groups is 1. The highest BCUT2D eigenvalue weighted by Gasteiger charge is 2.10. The average molecular weight is 350 g/mol. The van der Waals surface area contributed by atoms with Gasteiger partial charge in [-0.3, -0.25) is 0 Å². The monoisotopic (exact) mass is 349 g/mol. The number of rotatable bonds is 9. The van der Waals surface area contributed by atoms with Gasteiger partial charge in [-0.05, 0) is 37.7 Å². The highest BCUT2D eigenvalue weighted by molar-refractivity contribution is 6.32. The summed E-state index contributed by atoms with van der Waals surface area (Å²) in [5.74, 6) is 1.48. The lowest BCUT2D eigenvalue weighted by atomic mass is 10.2. The maximum absolute atomic E-state index is 10.1. The van der Waals surface area contributed by atoms with E-state index < -0.39 is 6.10 Å². The Bertz CT molecular complexity index is 636. The van der Waals surface area contributed by atoms with E-state index in [4.69, 9.17) is 21.1 Å². The molecule has 0 amide bonds. The van der Waals surface area contributed by atoms with Gasteiger partial charge in [0.2, 0.25) is 0 Å². The third-order valence-electron chi connectivity index (χ3n) is 3.61. The van der Waals surface area contributed by atoms with E-state index >= 15 is 0 Å². The van der Waals surface area contributed by atoms with Gasteiger partial charge >= 0.3 is 0 Å². The van der Waals surface area contributed by atoms with E-state index in [0.29, 0.717) is 23.9 Å². The first-order valence-corrected chi connectivity index (χ1v) is 8.36. The van der Waals surface area contributed by atoms with Gasteiger partial charge in [-0.1, -0.05) is 41.9 Å². The van der Waals surface area contributed by atoms with Crippen molar-refractivity contribution in [3.63, 3.8) is 0 Å². The fourth-order valence-corrected chi connectivity index (χ4v) is 2.47. The standard InChI is InChI=1S/C19H24ClNO3/c1-15-7-3-5-9-18(15)23-12-11-21(2)13-16(22)14-24-19-10-6-4-8-17(19)20/h3-10,16,22H,11-14H2,1-2H3. The van der Waals surface area contributed by atoms with E-state index in [1.807, 2.05) is 55.3 Å². The summed E-state index contributed by atoms with van der Waals surface area (Å²) < 4.78 is 11.3. The first-order chi connectivity index (χ1) is 11.6. The molecule has 0 aliphatic heterocycles. The zero-order valence-corrected chi connectivity index (χ0v) is 14.9. The predicted octanol–water partition coefficient (Wildman–Crippen LogP) is 3.40. The van der Waals surface area contributed by atoms with Crippen LogP contribution in [-0.4, -0.2) is 49.5 Å². The Morgan fingerprint density at radius 1 is 1.04 bits per heavy atom. The van der Waals surface area contributed by atoms with E-state index in [1.54, 1.807) is 12.1 Å². The second kappa shape index (κ2) is 9.52. The predicted molar refractivity (Wildman–Crippen MR) is 97.1 cm³/mol. The van der Waals surface area contributed by atoms with Crippen LogP contribution in [0.4, 0.5) is 0 Å². The molecule has 0 saturated carbocycles. The molecule has 5 heteroatoms. The van der Waals surface area contributed by atoms with Gasteiger partial charge in [-0.25, -0.2) is 0 Å². The van der Waals surface area contributed by atoms with Gasteiger partial charge in [0.25, 0.3) is 0 Å². The average Bonchev–Trinajstić information content (AvgIpc) is 2.56. The first-order valence-electron chi connectivity index (χ1n) is 7.98. The summed E-state index contributed by atoms with van der Waals surface area (Å²) in [6, 6.07) is 15.2. The van der Waals surface area contributed by atoms with E-state index in [2.05, 4.69) is 0 Å². The van der Waals surface area contributed by atoms with Crippen LogP contribution in [0.15, 0.2) is 48.5 Å². The Morgan fingerprint density at radius 3 is 2.42 bits per heavy atom. The molecule has 1 atom stereocenters. The number of aryl methyl sites for hydroxylation is 1. The minimum absolute atomic E-state index is 0.201. The third kappa shape index (κ3) is 6.04. The molecule has 1 unspecified atom stereocenters. The van der Waals surface area contributed by atoms with Crippen molar-refractivity contribution in [3.05, 3.63) is 59.1 Å². The molecule has 2 aromatic carbocycles. The SMILES string of the molecule is Cc1ccccc1OCCN(C)CC(O)COc1ccccc1Cl. The molecule has 0 bridgehead atoms. The zero-order valence-electron chi connectivity index (χ0n) is 14.1. The molecule has 0 saturated heterocycles. The van der Waals surface area contributed by atoms with E-state index in [9.17, 15) is 5.11 Å². The topological polar surface area (TPSA) is 41.9 Å². The molecular formula is C19H24ClNO3. The summed E-state index contributed by atoms with van der Waals surface area (Å²) in [6.45, 7) is 4.01. The Labute approximate surface area is 148 Å². The lowest BCUT2D eigenvalue weighted by Gasteiger charge is -2.21. The number of ether oxygens (including phenoxy) is 2. The molecule has 0 aliphatic carbocycles. The number of benzene rings is 2. The lowest BCUT2D eigenvalue weighted by molar-refractivity contribution is 0.0723. The molecule has 0 radical (unpaired) electrons. The molecule has 0 heterocycles. The Kier molecular flexibility index (Phi) is 7.37. The molecule has 0 spiro atoms. The number of hydrogen-bond donors (Lipinski definition) is 1. The van der Waals surface area contributed by atoms with Crippen LogP contribution in [0.2, 0.25) is 5.02 Å². The first kappa shape index (κ1) is 18.6. The highest BCUT2D eigenvalue weighted by atomic mass is 35.5. The van der Waals surface area contributed by atoms with Crippen LogP contribution in [0.3, 0.4) is 0 Å². The van der Waals surface area contributed by atoms with Gasteiger partial charge in [-0.2, -0.15) is 0 Å². The molecule has 24 heavy (non-hydrogen) atoms. The van der Waals surface area contributed by atoms with Crippen molar-refractivity contribution in [2.24, 2.45) is 0 Å². The fraction of sp³-hybridized carbons (Fsp3) is 0.368. The van der Waals surface area contributed by atoms with Crippen LogP contribution in [0.5, 0.6) is 11.5 Å². The summed E-state index contributed by atoms with van der Waals surface area (Å²) >= 11 is 6.02. The minimum atomic E-state index is -0.593.